The molecule has 1 saturated heterocycles. The first-order valence-corrected chi connectivity index (χ1v) is 6.34. The third-order valence-corrected chi connectivity index (χ3v) is 3.98. The van der Waals surface area contributed by atoms with Crippen LogP contribution in [0.5, 0.6) is 0 Å². The van der Waals surface area contributed by atoms with Gasteiger partial charge in [0.15, 0.2) is 0 Å². The van der Waals surface area contributed by atoms with E-state index in [1.54, 1.807) is 13.8 Å². The molecule has 2 atom stereocenters. The van der Waals surface area contributed by atoms with Crippen molar-refractivity contribution in [3.05, 3.63) is 27.6 Å². The van der Waals surface area contributed by atoms with Crippen LogP contribution in [0.3, 0.4) is 0 Å². The van der Waals surface area contributed by atoms with E-state index < -0.39 is 0 Å². The molecule has 1 aliphatic heterocycles. The molecule has 1 aliphatic rings. The van der Waals surface area contributed by atoms with E-state index in [1.807, 2.05) is 22.6 Å². The van der Waals surface area contributed by atoms with Crippen LogP contribution in [0.2, 0.25) is 0 Å². The number of hydrogen-bond acceptors (Lipinski definition) is 2. The lowest BCUT2D eigenvalue weighted by Crippen LogP contribution is -2.31. The first-order valence-electron chi connectivity index (χ1n) is 5.26. The molecule has 1 aromatic carbocycles. The third-order valence-electron chi connectivity index (χ3n) is 3.12. The Bertz CT molecular complexity index is 483. The Morgan fingerprint density at radius 1 is 1.18 bits per heavy atom. The SMILES string of the molecule is CC1C(=O)N(c2ccc(F)cc2I)C(=O)C1C. The summed E-state index contributed by atoms with van der Waals surface area (Å²) in [6.07, 6.45) is 0. The highest BCUT2D eigenvalue weighted by molar-refractivity contribution is 14.1. The van der Waals surface area contributed by atoms with Gasteiger partial charge in [0.05, 0.1) is 5.69 Å². The predicted molar refractivity (Wildman–Crippen MR) is 69.9 cm³/mol. The summed E-state index contributed by atoms with van der Waals surface area (Å²) in [5, 5.41) is 0. The van der Waals surface area contributed by atoms with Crippen molar-refractivity contribution in [2.45, 2.75) is 13.8 Å². The number of hydrogen-bond donors (Lipinski definition) is 0. The number of carbonyl (C=O) groups excluding carboxylic acids is 2. The zero-order chi connectivity index (χ0) is 12.7. The van der Waals surface area contributed by atoms with E-state index in [2.05, 4.69) is 0 Å². The number of carbonyl (C=O) groups is 2. The van der Waals surface area contributed by atoms with E-state index in [0.29, 0.717) is 9.26 Å². The van der Waals surface area contributed by atoms with Gasteiger partial charge in [0.25, 0.3) is 0 Å². The molecule has 0 radical (unpaired) electrons. The van der Waals surface area contributed by atoms with Gasteiger partial charge in [0.2, 0.25) is 11.8 Å². The molecule has 1 aromatic rings. The quantitative estimate of drug-likeness (QED) is 0.579. The van der Waals surface area contributed by atoms with E-state index in [0.717, 1.165) is 4.90 Å². The average Bonchev–Trinajstić information content (AvgIpc) is 2.45. The van der Waals surface area contributed by atoms with Gasteiger partial charge < -0.3 is 0 Å². The van der Waals surface area contributed by atoms with Crippen molar-refractivity contribution in [3.63, 3.8) is 0 Å². The number of imide groups is 1. The maximum Gasteiger partial charge on any atom is 0.237 e. The van der Waals surface area contributed by atoms with E-state index in [4.69, 9.17) is 0 Å². The Hall–Kier alpha value is -0.980. The fourth-order valence-electron chi connectivity index (χ4n) is 1.84. The summed E-state index contributed by atoms with van der Waals surface area (Å²) in [6, 6.07) is 4.04. The Morgan fingerprint density at radius 3 is 2.18 bits per heavy atom. The average molecular weight is 347 g/mol. The Balaban J connectivity index is 2.47. The molecule has 1 fully saturated rings. The van der Waals surface area contributed by atoms with Crippen LogP contribution in [-0.2, 0) is 9.59 Å². The van der Waals surface area contributed by atoms with Crippen molar-refractivity contribution < 1.29 is 14.0 Å². The third kappa shape index (κ3) is 1.96. The molecular formula is C12H11FINO2. The standard InChI is InChI=1S/C12H11FINO2/c1-6-7(2)12(17)15(11(6)16)10-4-3-8(13)5-9(10)14/h3-7H,1-2H3. The van der Waals surface area contributed by atoms with Crippen LogP contribution >= 0.6 is 22.6 Å². The second-order valence-electron chi connectivity index (χ2n) is 4.18. The lowest BCUT2D eigenvalue weighted by Gasteiger charge is -2.16. The largest absolute Gasteiger partial charge is 0.274 e. The number of anilines is 1. The molecule has 17 heavy (non-hydrogen) atoms. The van der Waals surface area contributed by atoms with Crippen LogP contribution in [0.1, 0.15) is 13.8 Å². The van der Waals surface area contributed by atoms with Gasteiger partial charge in [0.1, 0.15) is 5.82 Å². The van der Waals surface area contributed by atoms with Gasteiger partial charge in [-0.2, -0.15) is 0 Å². The van der Waals surface area contributed by atoms with Gasteiger partial charge in [-0.3, -0.25) is 9.59 Å². The highest BCUT2D eigenvalue weighted by atomic mass is 127. The minimum Gasteiger partial charge on any atom is -0.274 e. The molecule has 1 heterocycles. The molecule has 3 nitrogen and oxygen atoms in total. The van der Waals surface area contributed by atoms with Crippen molar-refractivity contribution in [3.8, 4) is 0 Å². The van der Waals surface area contributed by atoms with E-state index in [9.17, 15) is 14.0 Å². The summed E-state index contributed by atoms with van der Waals surface area (Å²) in [6.45, 7) is 3.47. The van der Waals surface area contributed by atoms with Crippen molar-refractivity contribution in [1.29, 1.82) is 0 Å². The molecule has 0 bridgehead atoms. The maximum absolute atomic E-state index is 13.0. The highest BCUT2D eigenvalue weighted by Gasteiger charge is 2.43. The summed E-state index contributed by atoms with van der Waals surface area (Å²) in [7, 11) is 0. The van der Waals surface area contributed by atoms with Crippen molar-refractivity contribution >= 4 is 40.1 Å². The molecule has 0 spiro atoms. The monoisotopic (exact) mass is 347 g/mol. The van der Waals surface area contributed by atoms with Gasteiger partial charge in [-0.15, -0.1) is 0 Å². The predicted octanol–water partition coefficient (Wildman–Crippen LogP) is 2.58. The molecular weight excluding hydrogens is 336 g/mol. The lowest BCUT2D eigenvalue weighted by atomic mass is 10.00. The van der Waals surface area contributed by atoms with Gasteiger partial charge in [-0.1, -0.05) is 13.8 Å². The first kappa shape index (κ1) is 12.5. The summed E-state index contributed by atoms with van der Waals surface area (Å²) < 4.78 is 13.5. The Labute approximate surface area is 112 Å². The van der Waals surface area contributed by atoms with Crippen LogP contribution in [0.25, 0.3) is 0 Å². The number of benzene rings is 1. The zero-order valence-corrected chi connectivity index (χ0v) is 11.6. The maximum atomic E-state index is 13.0. The zero-order valence-electron chi connectivity index (χ0n) is 9.41. The number of rotatable bonds is 1. The normalized spacial score (nSPS) is 24.6. The minimum absolute atomic E-state index is 0.216. The summed E-state index contributed by atoms with van der Waals surface area (Å²) in [5.41, 5.74) is 0.471. The van der Waals surface area contributed by atoms with Crippen LogP contribution in [0.4, 0.5) is 10.1 Å². The fourth-order valence-corrected chi connectivity index (χ4v) is 2.56. The molecule has 2 rings (SSSR count). The second kappa shape index (κ2) is 4.36. The first-order chi connectivity index (χ1) is 7.93. The van der Waals surface area contributed by atoms with Crippen LogP contribution in [0, 0.1) is 21.2 Å². The Kier molecular flexibility index (Phi) is 3.20. The summed E-state index contributed by atoms with van der Waals surface area (Å²) >= 11 is 1.92. The highest BCUT2D eigenvalue weighted by Crippen LogP contribution is 2.33. The van der Waals surface area contributed by atoms with E-state index >= 15 is 0 Å². The minimum atomic E-state index is -0.377. The van der Waals surface area contributed by atoms with Crippen LogP contribution in [0.15, 0.2) is 18.2 Å². The molecule has 5 heteroatoms. The van der Waals surface area contributed by atoms with Crippen LogP contribution in [-0.4, -0.2) is 11.8 Å². The van der Waals surface area contributed by atoms with Gasteiger partial charge in [-0.05, 0) is 40.8 Å². The molecule has 2 amide bonds. The second-order valence-corrected chi connectivity index (χ2v) is 5.35. The molecule has 90 valence electrons. The topological polar surface area (TPSA) is 37.4 Å². The van der Waals surface area contributed by atoms with Crippen molar-refractivity contribution in [2.75, 3.05) is 4.90 Å². The Morgan fingerprint density at radius 2 is 1.71 bits per heavy atom. The van der Waals surface area contributed by atoms with Crippen molar-refractivity contribution in [1.82, 2.24) is 0 Å². The number of halogens is 2. The van der Waals surface area contributed by atoms with Gasteiger partial charge >= 0.3 is 0 Å². The van der Waals surface area contributed by atoms with Gasteiger partial charge in [0, 0.05) is 15.4 Å². The smallest absolute Gasteiger partial charge is 0.237 e. The fraction of sp³-hybridized carbons (Fsp3) is 0.333. The summed E-state index contributed by atoms with van der Waals surface area (Å²) in [4.78, 5) is 25.1. The molecule has 2 unspecified atom stereocenters. The van der Waals surface area contributed by atoms with Gasteiger partial charge in [-0.25, -0.2) is 9.29 Å². The van der Waals surface area contributed by atoms with E-state index in [1.165, 1.54) is 18.2 Å². The lowest BCUT2D eigenvalue weighted by molar-refractivity contribution is -0.122. The molecule has 0 aliphatic carbocycles. The molecule has 0 aromatic heterocycles. The molecule has 0 saturated carbocycles. The van der Waals surface area contributed by atoms with E-state index in [-0.39, 0.29) is 29.5 Å². The summed E-state index contributed by atoms with van der Waals surface area (Å²) in [5.74, 6) is -1.44. The van der Waals surface area contributed by atoms with Crippen molar-refractivity contribution in [2.24, 2.45) is 11.8 Å². The molecule has 0 N–H and O–H groups in total. The van der Waals surface area contributed by atoms with Crippen LogP contribution < -0.4 is 4.90 Å². The number of amides is 2. The number of nitrogens with zero attached hydrogens (tertiary/aromatic N) is 1.